The molecule has 0 bridgehead atoms. The van der Waals surface area contributed by atoms with E-state index in [4.69, 9.17) is 9.47 Å². The number of aromatic nitrogens is 3. The molecule has 0 aliphatic carbocycles. The van der Waals surface area contributed by atoms with Crippen molar-refractivity contribution in [1.29, 1.82) is 0 Å². The molecule has 1 aliphatic heterocycles. The number of H-pyrrole nitrogens is 1. The maximum Gasteiger partial charge on any atom is 0.269 e. The van der Waals surface area contributed by atoms with E-state index in [-0.39, 0.29) is 11.9 Å². The summed E-state index contributed by atoms with van der Waals surface area (Å²) in [5.74, 6) is 0.814. The van der Waals surface area contributed by atoms with Crippen LogP contribution < -0.4 is 10.1 Å². The van der Waals surface area contributed by atoms with E-state index < -0.39 is 0 Å². The standard InChI is InChI=1S/C22H24N4O3/c1-28-20-7-3-2-6-17(20)18-13-19(26-25-18)22(27)24-21(15-8-11-29-12-9-15)16-5-4-10-23-14-16/h2-7,10,13-15,21H,8-9,11-12H2,1H3,(H,24,27)(H,25,26)/t21-/m1/s1. The number of hydrogen-bond acceptors (Lipinski definition) is 5. The molecule has 7 heteroatoms. The van der Waals surface area contributed by atoms with E-state index in [2.05, 4.69) is 20.5 Å². The van der Waals surface area contributed by atoms with Gasteiger partial charge in [-0.2, -0.15) is 5.10 Å². The number of nitrogens with one attached hydrogen (secondary N) is 2. The number of carbonyl (C=O) groups is 1. The zero-order valence-corrected chi connectivity index (χ0v) is 16.3. The smallest absolute Gasteiger partial charge is 0.269 e. The number of pyridine rings is 1. The molecule has 7 nitrogen and oxygen atoms in total. The van der Waals surface area contributed by atoms with Crippen molar-refractivity contribution in [3.63, 3.8) is 0 Å². The average molecular weight is 392 g/mol. The number of para-hydroxylation sites is 1. The lowest BCUT2D eigenvalue weighted by Gasteiger charge is -2.31. The lowest BCUT2D eigenvalue weighted by atomic mass is 9.87. The molecular weight excluding hydrogens is 368 g/mol. The van der Waals surface area contributed by atoms with Crippen molar-refractivity contribution in [2.24, 2.45) is 5.92 Å². The van der Waals surface area contributed by atoms with Crippen molar-refractivity contribution < 1.29 is 14.3 Å². The Balaban J connectivity index is 1.56. The number of rotatable bonds is 6. The molecule has 1 atom stereocenters. The second kappa shape index (κ2) is 8.87. The van der Waals surface area contributed by atoms with E-state index in [1.165, 1.54) is 0 Å². The topological polar surface area (TPSA) is 89.1 Å². The molecule has 1 aliphatic rings. The van der Waals surface area contributed by atoms with Crippen LogP contribution in [0.2, 0.25) is 0 Å². The lowest BCUT2D eigenvalue weighted by molar-refractivity contribution is 0.0513. The van der Waals surface area contributed by atoms with Crippen LogP contribution in [0.15, 0.2) is 54.9 Å². The average Bonchev–Trinajstić information content (AvgIpc) is 3.29. The van der Waals surface area contributed by atoms with Crippen molar-refractivity contribution >= 4 is 5.91 Å². The van der Waals surface area contributed by atoms with Crippen molar-refractivity contribution in [2.75, 3.05) is 20.3 Å². The fourth-order valence-electron chi connectivity index (χ4n) is 3.73. The number of amides is 1. The first-order valence-corrected chi connectivity index (χ1v) is 9.73. The van der Waals surface area contributed by atoms with Crippen LogP contribution in [0.4, 0.5) is 0 Å². The van der Waals surface area contributed by atoms with E-state index in [0.29, 0.717) is 36.3 Å². The Labute approximate surface area is 169 Å². The highest BCUT2D eigenvalue weighted by molar-refractivity contribution is 5.93. The van der Waals surface area contributed by atoms with Gasteiger partial charge in [-0.3, -0.25) is 14.9 Å². The van der Waals surface area contributed by atoms with Gasteiger partial charge >= 0.3 is 0 Å². The van der Waals surface area contributed by atoms with Crippen LogP contribution in [0.3, 0.4) is 0 Å². The summed E-state index contributed by atoms with van der Waals surface area (Å²) >= 11 is 0. The Morgan fingerprint density at radius 2 is 2.07 bits per heavy atom. The minimum Gasteiger partial charge on any atom is -0.496 e. The molecule has 150 valence electrons. The molecule has 29 heavy (non-hydrogen) atoms. The van der Waals surface area contributed by atoms with Crippen LogP contribution in [0.25, 0.3) is 11.3 Å². The first kappa shape index (κ1) is 19.1. The van der Waals surface area contributed by atoms with Crippen molar-refractivity contribution in [1.82, 2.24) is 20.5 Å². The van der Waals surface area contributed by atoms with Gasteiger partial charge in [0.05, 0.1) is 18.8 Å². The summed E-state index contributed by atoms with van der Waals surface area (Å²) in [4.78, 5) is 17.2. The molecule has 1 aromatic carbocycles. The summed E-state index contributed by atoms with van der Waals surface area (Å²) in [6.07, 6.45) is 5.35. The van der Waals surface area contributed by atoms with E-state index in [1.807, 2.05) is 42.6 Å². The predicted octanol–water partition coefficient (Wildman–Crippen LogP) is 3.38. The zero-order chi connectivity index (χ0) is 20.1. The number of aromatic amines is 1. The number of methoxy groups -OCH3 is 1. The molecule has 3 aromatic rings. The molecule has 0 spiro atoms. The van der Waals surface area contributed by atoms with Crippen LogP contribution in [-0.4, -0.2) is 41.4 Å². The number of benzene rings is 1. The summed E-state index contributed by atoms with van der Waals surface area (Å²) in [6.45, 7) is 1.42. The molecular formula is C22H24N4O3. The molecule has 2 aromatic heterocycles. The number of hydrogen-bond donors (Lipinski definition) is 2. The first-order chi connectivity index (χ1) is 14.3. The summed E-state index contributed by atoms with van der Waals surface area (Å²) < 4.78 is 10.9. The van der Waals surface area contributed by atoms with Crippen LogP contribution >= 0.6 is 0 Å². The Hall–Kier alpha value is -3.19. The van der Waals surface area contributed by atoms with Gasteiger partial charge in [-0.1, -0.05) is 18.2 Å². The van der Waals surface area contributed by atoms with Gasteiger partial charge in [-0.05, 0) is 48.6 Å². The third-order valence-corrected chi connectivity index (χ3v) is 5.27. The van der Waals surface area contributed by atoms with E-state index in [9.17, 15) is 4.79 Å². The molecule has 1 amide bonds. The minimum absolute atomic E-state index is 0.127. The first-order valence-electron chi connectivity index (χ1n) is 9.73. The van der Waals surface area contributed by atoms with Gasteiger partial charge in [-0.25, -0.2) is 0 Å². The van der Waals surface area contributed by atoms with Gasteiger partial charge in [0.1, 0.15) is 11.4 Å². The Morgan fingerprint density at radius 1 is 1.24 bits per heavy atom. The molecule has 0 saturated carbocycles. The van der Waals surface area contributed by atoms with Gasteiger partial charge < -0.3 is 14.8 Å². The molecule has 2 N–H and O–H groups in total. The van der Waals surface area contributed by atoms with Gasteiger partial charge in [0, 0.05) is 31.2 Å². The van der Waals surface area contributed by atoms with Gasteiger partial charge in [0.15, 0.2) is 0 Å². The van der Waals surface area contributed by atoms with Crippen LogP contribution in [0.1, 0.15) is 34.9 Å². The van der Waals surface area contributed by atoms with Crippen molar-refractivity contribution in [3.8, 4) is 17.0 Å². The molecule has 0 radical (unpaired) electrons. The Bertz CT molecular complexity index is 951. The highest BCUT2D eigenvalue weighted by atomic mass is 16.5. The number of nitrogens with zero attached hydrogens (tertiary/aromatic N) is 2. The maximum atomic E-state index is 13.0. The van der Waals surface area contributed by atoms with E-state index in [1.54, 1.807) is 19.4 Å². The van der Waals surface area contributed by atoms with Crippen LogP contribution in [0, 0.1) is 5.92 Å². The van der Waals surface area contributed by atoms with Gasteiger partial charge in [-0.15, -0.1) is 0 Å². The number of carbonyl (C=O) groups excluding carboxylic acids is 1. The Morgan fingerprint density at radius 3 is 2.83 bits per heavy atom. The highest BCUT2D eigenvalue weighted by Crippen LogP contribution is 2.31. The quantitative estimate of drug-likeness (QED) is 0.671. The largest absolute Gasteiger partial charge is 0.496 e. The molecule has 1 fully saturated rings. The highest BCUT2D eigenvalue weighted by Gasteiger charge is 2.28. The SMILES string of the molecule is COc1ccccc1-c1cc(C(=O)N[C@@H](c2cccnc2)C2CCOCC2)[nH]n1. The minimum atomic E-state index is -0.195. The summed E-state index contributed by atoms with van der Waals surface area (Å²) in [5.41, 5.74) is 2.90. The summed E-state index contributed by atoms with van der Waals surface area (Å²) in [5, 5.41) is 10.3. The second-order valence-electron chi connectivity index (χ2n) is 7.05. The third-order valence-electron chi connectivity index (χ3n) is 5.27. The molecule has 0 unspecified atom stereocenters. The van der Waals surface area contributed by atoms with E-state index >= 15 is 0 Å². The fourth-order valence-corrected chi connectivity index (χ4v) is 3.73. The normalized spacial score (nSPS) is 15.6. The Kier molecular flexibility index (Phi) is 5.86. The third kappa shape index (κ3) is 4.30. The molecule has 3 heterocycles. The van der Waals surface area contributed by atoms with Crippen LogP contribution in [-0.2, 0) is 4.74 Å². The number of ether oxygens (including phenoxy) is 2. The summed E-state index contributed by atoms with van der Waals surface area (Å²) in [7, 11) is 1.62. The maximum absolute atomic E-state index is 13.0. The molecule has 1 saturated heterocycles. The predicted molar refractivity (Wildman–Crippen MR) is 109 cm³/mol. The molecule has 4 rings (SSSR count). The van der Waals surface area contributed by atoms with Gasteiger partial charge in [0.25, 0.3) is 5.91 Å². The lowest BCUT2D eigenvalue weighted by Crippen LogP contribution is -2.36. The monoisotopic (exact) mass is 392 g/mol. The second-order valence-corrected chi connectivity index (χ2v) is 7.05. The summed E-state index contributed by atoms with van der Waals surface area (Å²) in [6, 6.07) is 13.1. The van der Waals surface area contributed by atoms with Crippen molar-refractivity contribution in [3.05, 3.63) is 66.1 Å². The van der Waals surface area contributed by atoms with Gasteiger partial charge in [0.2, 0.25) is 0 Å². The van der Waals surface area contributed by atoms with E-state index in [0.717, 1.165) is 24.0 Å². The van der Waals surface area contributed by atoms with Crippen LogP contribution in [0.5, 0.6) is 5.75 Å². The van der Waals surface area contributed by atoms with Crippen molar-refractivity contribution in [2.45, 2.75) is 18.9 Å². The fraction of sp³-hybridized carbons (Fsp3) is 0.318. The zero-order valence-electron chi connectivity index (χ0n) is 16.3.